The van der Waals surface area contributed by atoms with Gasteiger partial charge in [0.15, 0.2) is 11.6 Å². The van der Waals surface area contributed by atoms with Crippen LogP contribution in [-0.4, -0.2) is 44.9 Å². The highest BCUT2D eigenvalue weighted by Gasteiger charge is 2.38. The molecular formula is C121H101N11. The summed E-state index contributed by atoms with van der Waals surface area (Å²) in [7, 11) is 0. The number of nitrogens with zero attached hydrogens (tertiary/aromatic N) is 11. The molecule has 0 saturated heterocycles. The molecule has 22 rings (SSSR count). The SMILES string of the molecule is CC1(C)c2ccccc2-c2ccc(N(c3ccc(-c4ccccc4)cc3)c3ccc(-c4cccnc4)cc3)cc21.CC1(C)c2ccccc2-c2ccc(N(c3ccc(-c4ccccc4)cc3)c3ccccc3-c3cccnc3)cc21.Cc1ccc(-c2ccncc2)cc1.Cc1ccc(-c2cncnc2)cc1.Cc1ccc(-c2ncccn2)cc1.Cc1cnc(-c2ccccc2)nc1. The third-order valence-corrected chi connectivity index (χ3v) is 24.1. The minimum absolute atomic E-state index is 0.0606. The summed E-state index contributed by atoms with van der Waals surface area (Å²) < 4.78 is 0. The van der Waals surface area contributed by atoms with E-state index in [1.54, 1.807) is 12.4 Å². The summed E-state index contributed by atoms with van der Waals surface area (Å²) in [6, 6.07) is 137. The van der Waals surface area contributed by atoms with Crippen LogP contribution in [0.15, 0.2) is 469 Å². The number of aryl methyl sites for hydroxylation is 4. The third-order valence-electron chi connectivity index (χ3n) is 24.1. The summed E-state index contributed by atoms with van der Waals surface area (Å²) in [5.74, 6) is 1.56. The van der Waals surface area contributed by atoms with Crippen LogP contribution in [0, 0.1) is 27.7 Å². The molecule has 0 fully saturated rings. The maximum Gasteiger partial charge on any atom is 0.159 e. The van der Waals surface area contributed by atoms with Crippen LogP contribution in [-0.2, 0) is 10.8 Å². The lowest BCUT2D eigenvalue weighted by Crippen LogP contribution is -2.16. The van der Waals surface area contributed by atoms with Crippen LogP contribution in [0.4, 0.5) is 34.1 Å². The Hall–Kier alpha value is -16.6. The molecule has 0 saturated carbocycles. The van der Waals surface area contributed by atoms with Crippen LogP contribution in [0.25, 0.3) is 112 Å². The van der Waals surface area contributed by atoms with Crippen LogP contribution in [0.2, 0.25) is 0 Å². The van der Waals surface area contributed by atoms with Gasteiger partial charge in [0.25, 0.3) is 0 Å². The number of para-hydroxylation sites is 1. The smallest absolute Gasteiger partial charge is 0.159 e. The fourth-order valence-electron chi connectivity index (χ4n) is 16.9. The summed E-state index contributed by atoms with van der Waals surface area (Å²) in [6.07, 6.45) is 23.5. The van der Waals surface area contributed by atoms with Crippen molar-refractivity contribution < 1.29 is 0 Å². The molecule has 0 amide bonds. The average molecular weight is 1710 g/mol. The minimum Gasteiger partial charge on any atom is -0.310 e. The maximum atomic E-state index is 4.42. The zero-order chi connectivity index (χ0) is 90.6. The fourth-order valence-corrected chi connectivity index (χ4v) is 16.9. The zero-order valence-electron chi connectivity index (χ0n) is 75.4. The van der Waals surface area contributed by atoms with Crippen LogP contribution < -0.4 is 9.80 Å². The van der Waals surface area contributed by atoms with Gasteiger partial charge in [-0.15, -0.1) is 0 Å². The van der Waals surface area contributed by atoms with Gasteiger partial charge in [0, 0.05) is 141 Å². The molecule has 0 aliphatic heterocycles. The second-order valence-electron chi connectivity index (χ2n) is 33.8. The van der Waals surface area contributed by atoms with Gasteiger partial charge in [-0.25, -0.2) is 29.9 Å². The topological polar surface area (TPSA) is 122 Å². The summed E-state index contributed by atoms with van der Waals surface area (Å²) in [4.78, 5) is 42.2. The number of pyridine rings is 3. The molecule has 0 radical (unpaired) electrons. The number of benzene rings is 14. The van der Waals surface area contributed by atoms with Crippen molar-refractivity contribution in [3.63, 3.8) is 0 Å². The van der Waals surface area contributed by atoms with Gasteiger partial charge in [-0.05, 0) is 225 Å². The molecule has 0 bridgehead atoms. The van der Waals surface area contributed by atoms with Gasteiger partial charge in [0.2, 0.25) is 0 Å². The van der Waals surface area contributed by atoms with Crippen molar-refractivity contribution in [1.29, 1.82) is 0 Å². The first-order valence-corrected chi connectivity index (χ1v) is 44.5. The van der Waals surface area contributed by atoms with Crippen LogP contribution in [0.5, 0.6) is 0 Å². The molecule has 6 heterocycles. The number of hydrogen-bond donors (Lipinski definition) is 0. The van der Waals surface area contributed by atoms with Gasteiger partial charge in [-0.3, -0.25) is 15.0 Å². The molecule has 14 aromatic carbocycles. The first kappa shape index (κ1) is 87.4. The van der Waals surface area contributed by atoms with E-state index in [1.165, 1.54) is 101 Å². The summed E-state index contributed by atoms with van der Waals surface area (Å²) in [5.41, 5.74) is 38.5. The Balaban J connectivity index is 0.000000121. The fraction of sp³-hybridized carbons (Fsp3) is 0.0826. The van der Waals surface area contributed by atoms with Gasteiger partial charge in [-0.2, -0.15) is 0 Å². The number of anilines is 6. The van der Waals surface area contributed by atoms with Gasteiger partial charge >= 0.3 is 0 Å². The molecule has 0 unspecified atom stereocenters. The van der Waals surface area contributed by atoms with E-state index in [0.29, 0.717) is 0 Å². The molecule has 11 heteroatoms. The maximum absolute atomic E-state index is 4.42. The highest BCUT2D eigenvalue weighted by atomic mass is 15.2. The lowest BCUT2D eigenvalue weighted by atomic mass is 9.82. The Labute approximate surface area is 775 Å². The molecule has 2 aliphatic carbocycles. The highest BCUT2D eigenvalue weighted by molar-refractivity contribution is 5.92. The van der Waals surface area contributed by atoms with Gasteiger partial charge in [0.1, 0.15) is 6.33 Å². The minimum atomic E-state index is -0.0758. The van der Waals surface area contributed by atoms with Crippen molar-refractivity contribution >= 4 is 34.1 Å². The van der Waals surface area contributed by atoms with Crippen molar-refractivity contribution in [2.45, 2.75) is 66.2 Å². The Morgan fingerprint density at radius 1 is 0.189 bits per heavy atom. The number of rotatable bonds is 14. The normalized spacial score (nSPS) is 11.8. The standard InChI is InChI=1S/2C38H30N2.C12H11N.3C11H10N2/c1-38(2)35-16-8-6-15-33(35)34-23-22-31(25-36(34)38)40(30-20-18-28(19-21-30)27-11-4-3-5-12-27)37-17-9-7-14-32(37)29-13-10-24-39-26-29;1-38(2)36-13-7-6-12-34(36)35-23-22-33(25-37(35)38)40(31-18-14-28(15-19-31)27-9-4-3-5-10-27)32-20-16-29(17-21-32)30-11-8-24-39-26-30;1-10-2-4-11(5-3-10)12-6-8-13-9-7-12;1-9-3-5-10(6-4-9)11-12-7-2-8-13-11;1-9-2-4-10(5-3-9)11-6-12-8-13-7-11;1-9-7-12-11(13-8-9)10-5-3-2-4-6-10/h2*3-26H,1-2H3;2-9H,1H3;3*2-8H,1H3. The van der Waals surface area contributed by atoms with Crippen LogP contribution in [0.1, 0.15) is 72.2 Å². The third kappa shape index (κ3) is 20.5. The number of hydrogen-bond acceptors (Lipinski definition) is 11. The van der Waals surface area contributed by atoms with Gasteiger partial charge < -0.3 is 9.80 Å². The van der Waals surface area contributed by atoms with Gasteiger partial charge in [-0.1, -0.05) is 336 Å². The van der Waals surface area contributed by atoms with Gasteiger partial charge in [0.05, 0.1) is 5.69 Å². The number of fused-ring (bicyclic) bond motifs is 6. The molecule has 11 nitrogen and oxygen atoms in total. The highest BCUT2D eigenvalue weighted by Crippen LogP contribution is 2.53. The average Bonchev–Trinajstić information content (AvgIpc) is 1.58. The summed E-state index contributed by atoms with van der Waals surface area (Å²) >= 11 is 0. The molecule has 0 N–H and O–H groups in total. The molecule has 0 atom stereocenters. The Kier molecular flexibility index (Phi) is 27.2. The second-order valence-corrected chi connectivity index (χ2v) is 33.8. The second kappa shape index (κ2) is 41.0. The van der Waals surface area contributed by atoms with E-state index in [2.05, 4.69) is 419 Å². The Morgan fingerprint density at radius 2 is 0.515 bits per heavy atom. The van der Waals surface area contributed by atoms with Crippen molar-refractivity contribution in [3.05, 3.63) is 513 Å². The Bertz CT molecular complexity index is 6720. The van der Waals surface area contributed by atoms with E-state index in [0.717, 1.165) is 95.8 Å². The molecule has 20 aromatic rings. The predicted octanol–water partition coefficient (Wildman–Crippen LogP) is 30.8. The van der Waals surface area contributed by atoms with Crippen LogP contribution >= 0.6 is 0 Å². The van der Waals surface area contributed by atoms with E-state index in [-0.39, 0.29) is 10.8 Å². The van der Waals surface area contributed by atoms with E-state index >= 15 is 0 Å². The van der Waals surface area contributed by atoms with Crippen LogP contribution in [0.3, 0.4) is 0 Å². The van der Waals surface area contributed by atoms with Crippen molar-refractivity contribution in [2.75, 3.05) is 9.80 Å². The summed E-state index contributed by atoms with van der Waals surface area (Å²) in [6.45, 7) is 17.6. The molecule has 6 aromatic heterocycles. The van der Waals surface area contributed by atoms with E-state index < -0.39 is 0 Å². The van der Waals surface area contributed by atoms with E-state index in [9.17, 15) is 0 Å². The summed E-state index contributed by atoms with van der Waals surface area (Å²) in [5, 5.41) is 0. The lowest BCUT2D eigenvalue weighted by molar-refractivity contribution is 0.660. The van der Waals surface area contributed by atoms with Crippen molar-refractivity contribution in [1.82, 2.24) is 44.9 Å². The lowest BCUT2D eigenvalue weighted by Gasteiger charge is -2.30. The molecule has 132 heavy (non-hydrogen) atoms. The van der Waals surface area contributed by atoms with Crippen molar-refractivity contribution in [3.8, 4) is 112 Å². The first-order valence-electron chi connectivity index (χ1n) is 44.5. The molecule has 640 valence electrons. The quantitative estimate of drug-likeness (QED) is 0.103. The first-order chi connectivity index (χ1) is 64.6. The monoisotopic (exact) mass is 1710 g/mol. The Morgan fingerprint density at radius 3 is 0.977 bits per heavy atom. The molecule has 2 aliphatic rings. The molecular weight excluding hydrogens is 1610 g/mol. The van der Waals surface area contributed by atoms with E-state index in [1.807, 2.05) is 142 Å². The predicted molar refractivity (Wildman–Crippen MR) is 546 cm³/mol. The van der Waals surface area contributed by atoms with E-state index in [4.69, 9.17) is 0 Å². The largest absolute Gasteiger partial charge is 0.310 e. The zero-order valence-corrected chi connectivity index (χ0v) is 75.4. The molecule has 0 spiro atoms. The van der Waals surface area contributed by atoms with Crippen molar-refractivity contribution in [2.24, 2.45) is 0 Å². The number of aromatic nitrogens is 9.